The SMILES string of the molecule is COC(=O)c1ccc2c(=O)n(N)c(SCc3ccc(C(C)(C)C)cc3)nc2c1. The molecule has 0 aliphatic carbocycles. The van der Waals surface area contributed by atoms with Crippen molar-refractivity contribution in [2.45, 2.75) is 37.1 Å². The maximum Gasteiger partial charge on any atom is 0.337 e. The Balaban J connectivity index is 1.89. The number of fused-ring (bicyclic) bond motifs is 1. The molecule has 146 valence electrons. The number of nitrogens with zero attached hydrogens (tertiary/aromatic N) is 2. The lowest BCUT2D eigenvalue weighted by molar-refractivity contribution is 0.0601. The first-order valence-corrected chi connectivity index (χ1v) is 9.81. The normalized spacial score (nSPS) is 11.6. The maximum absolute atomic E-state index is 12.5. The fourth-order valence-corrected chi connectivity index (χ4v) is 3.65. The van der Waals surface area contributed by atoms with E-state index in [4.69, 9.17) is 10.6 Å². The molecule has 0 aliphatic rings. The predicted octanol–water partition coefficient (Wildman–Crippen LogP) is 3.49. The molecule has 0 amide bonds. The highest BCUT2D eigenvalue weighted by Gasteiger charge is 2.15. The van der Waals surface area contributed by atoms with Crippen LogP contribution < -0.4 is 11.4 Å². The molecule has 2 aromatic carbocycles. The molecule has 0 atom stereocenters. The van der Waals surface area contributed by atoms with E-state index >= 15 is 0 Å². The summed E-state index contributed by atoms with van der Waals surface area (Å²) in [5.74, 6) is 6.09. The van der Waals surface area contributed by atoms with Gasteiger partial charge in [0.1, 0.15) is 0 Å². The average Bonchev–Trinajstić information content (AvgIpc) is 2.68. The Morgan fingerprint density at radius 3 is 2.46 bits per heavy atom. The molecule has 1 heterocycles. The van der Waals surface area contributed by atoms with Crippen LogP contribution in [-0.4, -0.2) is 22.7 Å². The summed E-state index contributed by atoms with van der Waals surface area (Å²) >= 11 is 1.37. The molecule has 0 spiro atoms. The molecule has 3 aromatic rings. The first-order valence-electron chi connectivity index (χ1n) is 8.83. The standard InChI is InChI=1S/C21H23N3O3S/c1-21(2,3)15-8-5-13(6-9-15)12-28-20-23-17-11-14(19(26)27-4)7-10-16(17)18(25)24(20)22/h5-11H,12,22H2,1-4H3. The summed E-state index contributed by atoms with van der Waals surface area (Å²) in [6.07, 6.45) is 0. The van der Waals surface area contributed by atoms with Crippen LogP contribution in [-0.2, 0) is 15.9 Å². The number of hydrogen-bond donors (Lipinski definition) is 1. The van der Waals surface area contributed by atoms with Gasteiger partial charge in [-0.25, -0.2) is 14.5 Å². The van der Waals surface area contributed by atoms with Crippen LogP contribution in [0.4, 0.5) is 0 Å². The first-order chi connectivity index (χ1) is 13.2. The van der Waals surface area contributed by atoms with Crippen molar-refractivity contribution in [3.63, 3.8) is 0 Å². The van der Waals surface area contributed by atoms with E-state index in [1.165, 1.54) is 30.5 Å². The minimum Gasteiger partial charge on any atom is -0.465 e. The van der Waals surface area contributed by atoms with Gasteiger partial charge in [0.15, 0.2) is 5.16 Å². The van der Waals surface area contributed by atoms with E-state index in [-0.39, 0.29) is 11.0 Å². The van der Waals surface area contributed by atoms with E-state index < -0.39 is 5.97 Å². The van der Waals surface area contributed by atoms with E-state index in [0.29, 0.717) is 27.4 Å². The van der Waals surface area contributed by atoms with Crippen molar-refractivity contribution >= 4 is 28.6 Å². The fourth-order valence-electron chi connectivity index (χ4n) is 2.77. The molecular weight excluding hydrogens is 374 g/mol. The van der Waals surface area contributed by atoms with Crippen molar-refractivity contribution in [2.75, 3.05) is 13.0 Å². The topological polar surface area (TPSA) is 87.2 Å². The van der Waals surface area contributed by atoms with Crippen LogP contribution in [0.3, 0.4) is 0 Å². The van der Waals surface area contributed by atoms with Crippen LogP contribution >= 0.6 is 11.8 Å². The number of aromatic nitrogens is 2. The van der Waals surface area contributed by atoms with Gasteiger partial charge < -0.3 is 10.6 Å². The van der Waals surface area contributed by atoms with Gasteiger partial charge in [0, 0.05) is 5.75 Å². The van der Waals surface area contributed by atoms with Crippen molar-refractivity contribution in [2.24, 2.45) is 0 Å². The molecule has 0 bridgehead atoms. The lowest BCUT2D eigenvalue weighted by atomic mass is 9.87. The number of ether oxygens (including phenoxy) is 1. The number of nitrogens with two attached hydrogens (primary N) is 1. The molecule has 0 unspecified atom stereocenters. The minimum absolute atomic E-state index is 0.0979. The molecule has 1 aromatic heterocycles. The van der Waals surface area contributed by atoms with Gasteiger partial charge >= 0.3 is 5.97 Å². The van der Waals surface area contributed by atoms with Gasteiger partial charge in [-0.1, -0.05) is 56.8 Å². The molecule has 0 saturated heterocycles. The number of methoxy groups -OCH3 is 1. The molecule has 3 rings (SSSR count). The molecule has 2 N–H and O–H groups in total. The highest BCUT2D eigenvalue weighted by atomic mass is 32.2. The molecule has 28 heavy (non-hydrogen) atoms. The highest BCUT2D eigenvalue weighted by Crippen LogP contribution is 2.25. The van der Waals surface area contributed by atoms with Crippen LogP contribution in [0, 0.1) is 0 Å². The first kappa shape index (κ1) is 19.9. The third kappa shape index (κ3) is 4.04. The maximum atomic E-state index is 12.5. The zero-order chi connectivity index (χ0) is 20.5. The monoisotopic (exact) mass is 397 g/mol. The van der Waals surface area contributed by atoms with Crippen molar-refractivity contribution in [1.29, 1.82) is 0 Å². The number of nitrogen functional groups attached to an aromatic ring is 1. The van der Waals surface area contributed by atoms with Crippen LogP contribution in [0.2, 0.25) is 0 Å². The Kier molecular flexibility index (Phi) is 5.47. The van der Waals surface area contributed by atoms with Crippen LogP contribution in [0.15, 0.2) is 52.4 Å². The molecule has 0 saturated carbocycles. The average molecular weight is 398 g/mol. The quantitative estimate of drug-likeness (QED) is 0.314. The third-order valence-electron chi connectivity index (χ3n) is 4.48. The Morgan fingerprint density at radius 2 is 1.86 bits per heavy atom. The van der Waals surface area contributed by atoms with E-state index in [1.807, 2.05) is 0 Å². The van der Waals surface area contributed by atoms with Crippen molar-refractivity contribution < 1.29 is 9.53 Å². The van der Waals surface area contributed by atoms with E-state index in [1.54, 1.807) is 12.1 Å². The molecule has 0 fully saturated rings. The number of esters is 1. The predicted molar refractivity (Wildman–Crippen MR) is 112 cm³/mol. The Hall–Kier alpha value is -2.80. The van der Waals surface area contributed by atoms with Crippen molar-refractivity contribution in [1.82, 2.24) is 9.66 Å². The molecule has 7 heteroatoms. The number of thioether (sulfide) groups is 1. The summed E-state index contributed by atoms with van der Waals surface area (Å²) in [6, 6.07) is 13.0. The summed E-state index contributed by atoms with van der Waals surface area (Å²) in [7, 11) is 1.31. The van der Waals surface area contributed by atoms with E-state index in [9.17, 15) is 9.59 Å². The van der Waals surface area contributed by atoms with Crippen molar-refractivity contribution in [3.05, 3.63) is 69.5 Å². The minimum atomic E-state index is -0.478. The van der Waals surface area contributed by atoms with Gasteiger partial charge in [0.25, 0.3) is 5.56 Å². The van der Waals surface area contributed by atoms with Gasteiger partial charge in [-0.05, 0) is 34.7 Å². The zero-order valence-electron chi connectivity index (χ0n) is 16.4. The second kappa shape index (κ2) is 7.67. The highest BCUT2D eigenvalue weighted by molar-refractivity contribution is 7.98. The largest absolute Gasteiger partial charge is 0.465 e. The molecule has 6 nitrogen and oxygen atoms in total. The molecule has 0 radical (unpaired) electrons. The number of carbonyl (C=O) groups is 1. The van der Waals surface area contributed by atoms with E-state index in [2.05, 4.69) is 50.0 Å². The Bertz CT molecular complexity index is 1080. The second-order valence-corrected chi connectivity index (χ2v) is 8.47. The number of benzene rings is 2. The fraction of sp³-hybridized carbons (Fsp3) is 0.286. The molecule has 0 aliphatic heterocycles. The van der Waals surface area contributed by atoms with E-state index in [0.717, 1.165) is 10.2 Å². The molecular formula is C21H23N3O3S. The summed E-state index contributed by atoms with van der Waals surface area (Å²) in [4.78, 5) is 28.8. The van der Waals surface area contributed by atoms with Crippen LogP contribution in [0.25, 0.3) is 10.9 Å². The lowest BCUT2D eigenvalue weighted by Gasteiger charge is -2.19. The van der Waals surface area contributed by atoms with Gasteiger partial charge in [0.2, 0.25) is 0 Å². The summed E-state index contributed by atoms with van der Waals surface area (Å²) in [6.45, 7) is 6.52. The summed E-state index contributed by atoms with van der Waals surface area (Å²) < 4.78 is 5.78. The Morgan fingerprint density at radius 1 is 1.18 bits per heavy atom. The summed E-state index contributed by atoms with van der Waals surface area (Å²) in [5.41, 5.74) is 2.87. The third-order valence-corrected chi connectivity index (χ3v) is 5.50. The lowest BCUT2D eigenvalue weighted by Crippen LogP contribution is -2.29. The van der Waals surface area contributed by atoms with Gasteiger partial charge in [-0.3, -0.25) is 4.79 Å². The van der Waals surface area contributed by atoms with Gasteiger partial charge in [-0.2, -0.15) is 0 Å². The van der Waals surface area contributed by atoms with Crippen LogP contribution in [0.5, 0.6) is 0 Å². The number of rotatable bonds is 4. The van der Waals surface area contributed by atoms with Crippen molar-refractivity contribution in [3.8, 4) is 0 Å². The van der Waals surface area contributed by atoms with Crippen LogP contribution in [0.1, 0.15) is 42.3 Å². The summed E-state index contributed by atoms with van der Waals surface area (Å²) in [5, 5.41) is 0.744. The smallest absolute Gasteiger partial charge is 0.337 e. The Labute approximate surface area is 167 Å². The van der Waals surface area contributed by atoms with Gasteiger partial charge in [0.05, 0.1) is 23.6 Å². The van der Waals surface area contributed by atoms with Gasteiger partial charge in [-0.15, -0.1) is 0 Å². The number of carbonyl (C=O) groups excluding carboxylic acids is 1. The number of hydrogen-bond acceptors (Lipinski definition) is 6. The second-order valence-electron chi connectivity index (χ2n) is 7.53. The zero-order valence-corrected chi connectivity index (χ0v) is 17.2.